The normalized spacial score (nSPS) is 11.4. The molecule has 0 saturated carbocycles. The second-order valence-corrected chi connectivity index (χ2v) is 5.93. The van der Waals surface area contributed by atoms with Gasteiger partial charge in [-0.25, -0.2) is 4.79 Å². The third-order valence-corrected chi connectivity index (χ3v) is 3.61. The summed E-state index contributed by atoms with van der Waals surface area (Å²) < 4.78 is 5.13. The highest BCUT2D eigenvalue weighted by Gasteiger charge is 2.17. The lowest BCUT2D eigenvalue weighted by Gasteiger charge is -2.20. The lowest BCUT2D eigenvalue weighted by Crippen LogP contribution is -2.41. The molecule has 0 aliphatic heterocycles. The van der Waals surface area contributed by atoms with Crippen LogP contribution >= 0.6 is 11.6 Å². The van der Waals surface area contributed by atoms with Gasteiger partial charge >= 0.3 is 12.0 Å². The van der Waals surface area contributed by atoms with Crippen molar-refractivity contribution in [1.29, 1.82) is 0 Å². The van der Waals surface area contributed by atoms with Gasteiger partial charge in [0, 0.05) is 31.6 Å². The second kappa shape index (κ2) is 9.73. The molecule has 0 aliphatic rings. The summed E-state index contributed by atoms with van der Waals surface area (Å²) >= 11 is 5.89. The Kier molecular flexibility index (Phi) is 8.00. The summed E-state index contributed by atoms with van der Waals surface area (Å²) in [5.74, 6) is -1.49. The summed E-state index contributed by atoms with van der Waals surface area (Å²) in [4.78, 5) is 35.8. The molecule has 0 bridgehead atoms. The molecule has 3 N–H and O–H groups in total. The number of carboxylic acid groups (broad SMARTS) is 1. The van der Waals surface area contributed by atoms with Crippen molar-refractivity contribution in [3.8, 4) is 5.75 Å². The first-order chi connectivity index (χ1) is 11.7. The molecule has 1 aromatic rings. The van der Waals surface area contributed by atoms with Crippen LogP contribution < -0.4 is 15.4 Å². The molecule has 0 saturated heterocycles. The highest BCUT2D eigenvalue weighted by molar-refractivity contribution is 6.31. The maximum absolute atomic E-state index is 12.0. The smallest absolute Gasteiger partial charge is 0.317 e. The molecule has 3 amide bonds. The van der Waals surface area contributed by atoms with Crippen molar-refractivity contribution in [2.24, 2.45) is 5.92 Å². The third-order valence-electron chi connectivity index (χ3n) is 3.38. The molecule has 9 heteroatoms. The maximum Gasteiger partial charge on any atom is 0.317 e. The van der Waals surface area contributed by atoms with Crippen LogP contribution in [0.3, 0.4) is 0 Å². The third kappa shape index (κ3) is 6.88. The highest BCUT2D eigenvalue weighted by Crippen LogP contribution is 2.27. The fourth-order valence-corrected chi connectivity index (χ4v) is 2.15. The van der Waals surface area contributed by atoms with Crippen molar-refractivity contribution in [2.45, 2.75) is 13.3 Å². The van der Waals surface area contributed by atoms with E-state index in [1.54, 1.807) is 18.2 Å². The van der Waals surface area contributed by atoms with Crippen molar-refractivity contribution in [3.05, 3.63) is 23.2 Å². The minimum atomic E-state index is -0.977. The van der Waals surface area contributed by atoms with E-state index in [9.17, 15) is 14.4 Å². The van der Waals surface area contributed by atoms with E-state index in [0.717, 1.165) is 0 Å². The number of carboxylic acids is 1. The van der Waals surface area contributed by atoms with E-state index in [4.69, 9.17) is 21.4 Å². The number of urea groups is 1. The predicted molar refractivity (Wildman–Crippen MR) is 94.1 cm³/mol. The SMILES string of the molecule is COc1ccc(Cl)cc1NC(=O)CCNC(=O)N(C)CC(C)C(=O)O. The number of rotatable bonds is 8. The lowest BCUT2D eigenvalue weighted by molar-refractivity contribution is -0.141. The van der Waals surface area contributed by atoms with Crippen LogP contribution in [0.15, 0.2) is 18.2 Å². The molecule has 138 valence electrons. The molecule has 8 nitrogen and oxygen atoms in total. The summed E-state index contributed by atoms with van der Waals surface area (Å²) in [6, 6.07) is 4.40. The molecule has 0 fully saturated rings. The van der Waals surface area contributed by atoms with Crippen LogP contribution in [0, 0.1) is 5.92 Å². The molecule has 0 radical (unpaired) electrons. The Morgan fingerprint density at radius 1 is 1.36 bits per heavy atom. The number of benzene rings is 1. The number of hydrogen-bond acceptors (Lipinski definition) is 4. The zero-order valence-electron chi connectivity index (χ0n) is 14.3. The van der Waals surface area contributed by atoms with Gasteiger partial charge in [0.25, 0.3) is 0 Å². The molecule has 1 aromatic carbocycles. The fourth-order valence-electron chi connectivity index (χ4n) is 1.98. The number of aliphatic carboxylic acids is 1. The van der Waals surface area contributed by atoms with Gasteiger partial charge in [0.15, 0.2) is 0 Å². The van der Waals surface area contributed by atoms with Gasteiger partial charge in [-0.2, -0.15) is 0 Å². The van der Waals surface area contributed by atoms with E-state index >= 15 is 0 Å². The summed E-state index contributed by atoms with van der Waals surface area (Å²) in [6.07, 6.45) is 0.0454. The van der Waals surface area contributed by atoms with Gasteiger partial charge in [-0.1, -0.05) is 18.5 Å². The summed E-state index contributed by atoms with van der Waals surface area (Å²) in [6.45, 7) is 1.70. The second-order valence-electron chi connectivity index (χ2n) is 5.49. The van der Waals surface area contributed by atoms with Crippen molar-refractivity contribution in [2.75, 3.05) is 32.6 Å². The minimum absolute atomic E-state index is 0.0454. The van der Waals surface area contributed by atoms with E-state index < -0.39 is 17.9 Å². The molecular formula is C16H22ClN3O5. The zero-order valence-corrected chi connectivity index (χ0v) is 15.1. The van der Waals surface area contributed by atoms with Gasteiger partial charge in [-0.3, -0.25) is 9.59 Å². The predicted octanol–water partition coefficient (Wildman–Crippen LogP) is 2.04. The van der Waals surface area contributed by atoms with Crippen LogP contribution in [-0.4, -0.2) is 55.2 Å². The van der Waals surface area contributed by atoms with Gasteiger partial charge in [0.05, 0.1) is 18.7 Å². The van der Waals surface area contributed by atoms with Crippen LogP contribution in [0.2, 0.25) is 5.02 Å². The number of ether oxygens (including phenoxy) is 1. The Bertz CT molecular complexity index is 638. The molecule has 0 heterocycles. The van der Waals surface area contributed by atoms with Crippen LogP contribution in [0.4, 0.5) is 10.5 Å². The van der Waals surface area contributed by atoms with Crippen LogP contribution in [-0.2, 0) is 9.59 Å². The van der Waals surface area contributed by atoms with Gasteiger partial charge in [0.1, 0.15) is 5.75 Å². The van der Waals surface area contributed by atoms with Crippen LogP contribution in [0.1, 0.15) is 13.3 Å². The Hall–Kier alpha value is -2.48. The quantitative estimate of drug-likeness (QED) is 0.648. The van der Waals surface area contributed by atoms with Crippen molar-refractivity contribution in [3.63, 3.8) is 0 Å². The first-order valence-corrected chi connectivity index (χ1v) is 7.97. The Labute approximate surface area is 151 Å². The lowest BCUT2D eigenvalue weighted by atomic mass is 10.2. The number of carbonyl (C=O) groups excluding carboxylic acids is 2. The first kappa shape index (κ1) is 20.6. The van der Waals surface area contributed by atoms with E-state index in [1.165, 1.54) is 26.0 Å². The number of hydrogen-bond donors (Lipinski definition) is 3. The number of amides is 3. The number of halogens is 1. The Morgan fingerprint density at radius 2 is 2.04 bits per heavy atom. The average Bonchev–Trinajstić information content (AvgIpc) is 2.54. The Morgan fingerprint density at radius 3 is 2.64 bits per heavy atom. The molecule has 1 unspecified atom stereocenters. The van der Waals surface area contributed by atoms with Gasteiger partial charge < -0.3 is 25.4 Å². The molecule has 1 rings (SSSR count). The number of nitrogens with one attached hydrogen (secondary N) is 2. The highest BCUT2D eigenvalue weighted by atomic mass is 35.5. The number of nitrogens with zero attached hydrogens (tertiary/aromatic N) is 1. The largest absolute Gasteiger partial charge is 0.495 e. The standard InChI is InChI=1S/C16H22ClN3O5/c1-10(15(22)23)9-20(2)16(24)18-7-6-14(21)19-12-8-11(17)4-5-13(12)25-3/h4-5,8,10H,6-7,9H2,1-3H3,(H,18,24)(H,19,21)(H,22,23). The molecule has 25 heavy (non-hydrogen) atoms. The maximum atomic E-state index is 12.0. The summed E-state index contributed by atoms with van der Waals surface area (Å²) in [7, 11) is 2.97. The first-order valence-electron chi connectivity index (χ1n) is 7.59. The summed E-state index contributed by atoms with van der Waals surface area (Å²) in [5, 5.41) is 14.5. The molecule has 0 aliphatic carbocycles. The van der Waals surface area contributed by atoms with Crippen LogP contribution in [0.5, 0.6) is 5.75 Å². The van der Waals surface area contributed by atoms with Gasteiger partial charge in [-0.15, -0.1) is 0 Å². The van der Waals surface area contributed by atoms with Crippen LogP contribution in [0.25, 0.3) is 0 Å². The monoisotopic (exact) mass is 371 g/mol. The van der Waals surface area contributed by atoms with E-state index in [0.29, 0.717) is 16.5 Å². The molecule has 0 spiro atoms. The molecule has 1 atom stereocenters. The van der Waals surface area contributed by atoms with Crippen molar-refractivity contribution >= 4 is 35.2 Å². The van der Waals surface area contributed by atoms with E-state index in [-0.39, 0.29) is 25.4 Å². The minimum Gasteiger partial charge on any atom is -0.495 e. The summed E-state index contributed by atoms with van der Waals surface area (Å²) in [5.41, 5.74) is 0.443. The van der Waals surface area contributed by atoms with Gasteiger partial charge in [-0.05, 0) is 18.2 Å². The average molecular weight is 372 g/mol. The van der Waals surface area contributed by atoms with E-state index in [2.05, 4.69) is 10.6 Å². The molecule has 0 aromatic heterocycles. The number of methoxy groups -OCH3 is 1. The fraction of sp³-hybridized carbons (Fsp3) is 0.438. The number of anilines is 1. The number of carbonyl (C=O) groups is 3. The topological polar surface area (TPSA) is 108 Å². The zero-order chi connectivity index (χ0) is 19.0. The molecular weight excluding hydrogens is 350 g/mol. The van der Waals surface area contributed by atoms with Gasteiger partial charge in [0.2, 0.25) is 5.91 Å². The van der Waals surface area contributed by atoms with E-state index in [1.807, 2.05) is 0 Å². The Balaban J connectivity index is 2.43. The van der Waals surface area contributed by atoms with Crippen molar-refractivity contribution in [1.82, 2.24) is 10.2 Å². The van der Waals surface area contributed by atoms with Crippen molar-refractivity contribution < 1.29 is 24.2 Å².